The van der Waals surface area contributed by atoms with Crippen molar-refractivity contribution in [1.29, 1.82) is 0 Å². The molecule has 1 N–H and O–H groups in total. The second-order valence-electron chi connectivity index (χ2n) is 7.16. The number of piperidine rings is 1. The number of methoxy groups -OCH3 is 1. The smallest absolute Gasteiger partial charge is 0.246 e. The highest BCUT2D eigenvalue weighted by Crippen LogP contribution is 2.28. The van der Waals surface area contributed by atoms with Gasteiger partial charge in [-0.1, -0.05) is 24.3 Å². The third-order valence-corrected chi connectivity index (χ3v) is 5.05. The third-order valence-electron chi connectivity index (χ3n) is 5.05. The summed E-state index contributed by atoms with van der Waals surface area (Å²) in [6.07, 6.45) is 4.90. The standard InChI is InChI=1S/C24H28N2O4/c1-3-30-22-16-18(11-13-21(22)29-2)12-14-23(27)26-15-7-8-19(17-26)24(28)25-20-9-5-4-6-10-20/h4-6,9-14,16,19H,3,7-8,15,17H2,1-2H3,(H,25,28)/b14-12+. The molecule has 1 heterocycles. The van der Waals surface area contributed by atoms with Crippen LogP contribution in [0.5, 0.6) is 11.5 Å². The average molecular weight is 408 g/mol. The normalized spacial score (nSPS) is 16.3. The maximum Gasteiger partial charge on any atom is 0.246 e. The molecule has 30 heavy (non-hydrogen) atoms. The molecule has 0 bridgehead atoms. The monoisotopic (exact) mass is 408 g/mol. The maximum absolute atomic E-state index is 12.7. The predicted molar refractivity (Wildman–Crippen MR) is 118 cm³/mol. The van der Waals surface area contributed by atoms with Gasteiger partial charge in [0.15, 0.2) is 11.5 Å². The fourth-order valence-electron chi connectivity index (χ4n) is 3.50. The van der Waals surface area contributed by atoms with Crippen LogP contribution in [0.3, 0.4) is 0 Å². The second-order valence-corrected chi connectivity index (χ2v) is 7.16. The molecule has 1 aliphatic rings. The van der Waals surface area contributed by atoms with E-state index in [4.69, 9.17) is 9.47 Å². The highest BCUT2D eigenvalue weighted by atomic mass is 16.5. The summed E-state index contributed by atoms with van der Waals surface area (Å²) in [5.41, 5.74) is 1.62. The van der Waals surface area contributed by atoms with Crippen molar-refractivity contribution >= 4 is 23.6 Å². The second kappa shape index (κ2) is 10.5. The van der Waals surface area contributed by atoms with Gasteiger partial charge in [-0.3, -0.25) is 9.59 Å². The van der Waals surface area contributed by atoms with Crippen molar-refractivity contribution < 1.29 is 19.1 Å². The Labute approximate surface area is 177 Å². The Morgan fingerprint density at radius 2 is 1.97 bits per heavy atom. The van der Waals surface area contributed by atoms with Gasteiger partial charge in [-0.25, -0.2) is 0 Å². The molecule has 3 rings (SSSR count). The molecule has 2 aromatic carbocycles. The van der Waals surface area contributed by atoms with E-state index in [2.05, 4.69) is 5.32 Å². The molecule has 6 nitrogen and oxygen atoms in total. The zero-order chi connectivity index (χ0) is 21.3. The Hall–Kier alpha value is -3.28. The van der Waals surface area contributed by atoms with Gasteiger partial charge < -0.3 is 19.7 Å². The van der Waals surface area contributed by atoms with Crippen molar-refractivity contribution in [3.05, 3.63) is 60.2 Å². The van der Waals surface area contributed by atoms with Gasteiger partial charge in [0.05, 0.1) is 19.6 Å². The zero-order valence-electron chi connectivity index (χ0n) is 17.5. The van der Waals surface area contributed by atoms with E-state index in [1.54, 1.807) is 24.2 Å². The quantitative estimate of drug-likeness (QED) is 0.704. The molecule has 158 valence electrons. The van der Waals surface area contributed by atoms with Crippen LogP contribution in [0.4, 0.5) is 5.69 Å². The van der Waals surface area contributed by atoms with Crippen LogP contribution in [0.15, 0.2) is 54.6 Å². The first kappa shape index (κ1) is 21.4. The summed E-state index contributed by atoms with van der Waals surface area (Å²) in [4.78, 5) is 27.0. The van der Waals surface area contributed by atoms with Crippen LogP contribution in [-0.4, -0.2) is 43.5 Å². The van der Waals surface area contributed by atoms with Gasteiger partial charge in [-0.15, -0.1) is 0 Å². The summed E-state index contributed by atoms with van der Waals surface area (Å²) < 4.78 is 10.9. The lowest BCUT2D eigenvalue weighted by Crippen LogP contribution is -2.43. The van der Waals surface area contributed by atoms with Gasteiger partial charge in [0.25, 0.3) is 0 Å². The molecular formula is C24H28N2O4. The molecule has 0 aliphatic carbocycles. The van der Waals surface area contributed by atoms with Crippen molar-refractivity contribution in [3.63, 3.8) is 0 Å². The highest BCUT2D eigenvalue weighted by molar-refractivity contribution is 5.95. The minimum atomic E-state index is -0.207. The van der Waals surface area contributed by atoms with E-state index in [0.29, 0.717) is 31.2 Å². The van der Waals surface area contributed by atoms with E-state index in [0.717, 1.165) is 24.1 Å². The van der Waals surface area contributed by atoms with Crippen molar-refractivity contribution in [1.82, 2.24) is 4.90 Å². The fraction of sp³-hybridized carbons (Fsp3) is 0.333. The molecule has 1 unspecified atom stereocenters. The first-order valence-electron chi connectivity index (χ1n) is 10.2. The van der Waals surface area contributed by atoms with Crippen LogP contribution < -0.4 is 14.8 Å². The topological polar surface area (TPSA) is 67.9 Å². The summed E-state index contributed by atoms with van der Waals surface area (Å²) >= 11 is 0. The Kier molecular flexibility index (Phi) is 7.49. The molecule has 1 aliphatic heterocycles. The van der Waals surface area contributed by atoms with E-state index in [9.17, 15) is 9.59 Å². The SMILES string of the molecule is CCOc1cc(/C=C/C(=O)N2CCCC(C(=O)Nc3ccccc3)C2)ccc1OC. The van der Waals surface area contributed by atoms with Crippen molar-refractivity contribution in [3.8, 4) is 11.5 Å². The summed E-state index contributed by atoms with van der Waals surface area (Å²) in [6.45, 7) is 3.52. The number of amides is 2. The van der Waals surface area contributed by atoms with Gasteiger partial charge in [-0.05, 0) is 55.7 Å². The van der Waals surface area contributed by atoms with Crippen LogP contribution in [0.1, 0.15) is 25.3 Å². The fourth-order valence-corrected chi connectivity index (χ4v) is 3.50. The van der Waals surface area contributed by atoms with Crippen molar-refractivity contribution in [2.45, 2.75) is 19.8 Å². The summed E-state index contributed by atoms with van der Waals surface area (Å²) in [6, 6.07) is 14.9. The zero-order valence-corrected chi connectivity index (χ0v) is 17.5. The molecule has 2 aromatic rings. The van der Waals surface area contributed by atoms with Crippen LogP contribution in [-0.2, 0) is 9.59 Å². The Morgan fingerprint density at radius 1 is 1.17 bits per heavy atom. The molecule has 0 aromatic heterocycles. The lowest BCUT2D eigenvalue weighted by Gasteiger charge is -2.31. The molecule has 0 radical (unpaired) electrons. The van der Waals surface area contributed by atoms with Gasteiger partial charge in [-0.2, -0.15) is 0 Å². The van der Waals surface area contributed by atoms with E-state index in [1.165, 1.54) is 0 Å². The van der Waals surface area contributed by atoms with Crippen molar-refractivity contribution in [2.75, 3.05) is 32.1 Å². The number of ether oxygens (including phenoxy) is 2. The first-order valence-corrected chi connectivity index (χ1v) is 10.2. The van der Waals surface area contributed by atoms with E-state index >= 15 is 0 Å². The number of nitrogens with one attached hydrogen (secondary N) is 1. The molecule has 0 saturated carbocycles. The number of likely N-dealkylation sites (tertiary alicyclic amines) is 1. The number of anilines is 1. The third kappa shape index (κ3) is 5.63. The van der Waals surface area contributed by atoms with E-state index in [-0.39, 0.29) is 17.7 Å². The number of carbonyl (C=O) groups is 2. The average Bonchev–Trinajstić information content (AvgIpc) is 2.78. The minimum Gasteiger partial charge on any atom is -0.493 e. The number of nitrogens with zero attached hydrogens (tertiary/aromatic N) is 1. The number of para-hydroxylation sites is 1. The minimum absolute atomic E-state index is 0.0424. The summed E-state index contributed by atoms with van der Waals surface area (Å²) in [5.74, 6) is 0.955. The highest BCUT2D eigenvalue weighted by Gasteiger charge is 2.27. The van der Waals surface area contributed by atoms with E-state index in [1.807, 2.05) is 55.5 Å². The molecule has 1 fully saturated rings. The molecule has 6 heteroatoms. The summed E-state index contributed by atoms with van der Waals surface area (Å²) in [5, 5.41) is 2.94. The number of carbonyl (C=O) groups excluding carboxylic acids is 2. The first-order chi connectivity index (χ1) is 14.6. The number of rotatable bonds is 7. The van der Waals surface area contributed by atoms with Crippen molar-refractivity contribution in [2.24, 2.45) is 5.92 Å². The van der Waals surface area contributed by atoms with Crippen LogP contribution in [0.2, 0.25) is 0 Å². The lowest BCUT2D eigenvalue weighted by atomic mass is 9.97. The molecule has 2 amide bonds. The largest absolute Gasteiger partial charge is 0.493 e. The molecule has 0 spiro atoms. The van der Waals surface area contributed by atoms with Crippen LogP contribution in [0.25, 0.3) is 6.08 Å². The Balaban J connectivity index is 1.61. The molecular weight excluding hydrogens is 380 g/mol. The Morgan fingerprint density at radius 3 is 2.70 bits per heavy atom. The summed E-state index contributed by atoms with van der Waals surface area (Å²) in [7, 11) is 1.59. The van der Waals surface area contributed by atoms with Gasteiger partial charge in [0.2, 0.25) is 11.8 Å². The number of hydrogen-bond acceptors (Lipinski definition) is 4. The lowest BCUT2D eigenvalue weighted by molar-refractivity contribution is -0.130. The van der Waals surface area contributed by atoms with Gasteiger partial charge in [0, 0.05) is 24.9 Å². The van der Waals surface area contributed by atoms with Gasteiger partial charge >= 0.3 is 0 Å². The maximum atomic E-state index is 12.7. The predicted octanol–water partition coefficient (Wildman–Crippen LogP) is 3.98. The Bertz CT molecular complexity index is 895. The molecule has 1 atom stereocenters. The number of benzene rings is 2. The van der Waals surface area contributed by atoms with Crippen LogP contribution in [0, 0.1) is 5.92 Å². The van der Waals surface area contributed by atoms with E-state index < -0.39 is 0 Å². The molecule has 1 saturated heterocycles. The van der Waals surface area contributed by atoms with Crippen LogP contribution >= 0.6 is 0 Å². The van der Waals surface area contributed by atoms with Gasteiger partial charge in [0.1, 0.15) is 0 Å². The number of hydrogen-bond donors (Lipinski definition) is 1.